The first-order valence-corrected chi connectivity index (χ1v) is 8.14. The maximum absolute atomic E-state index is 13.5. The summed E-state index contributed by atoms with van der Waals surface area (Å²) in [5.74, 6) is -1.52. The number of benzene rings is 2. The average molecular weight is 382 g/mol. The lowest BCUT2D eigenvalue weighted by molar-refractivity contribution is -0.137. The Kier molecular flexibility index (Phi) is 6.55. The zero-order chi connectivity index (χ0) is 20.0. The molecule has 0 aliphatic heterocycles. The predicted molar refractivity (Wildman–Crippen MR) is 92.6 cm³/mol. The molecule has 0 aliphatic carbocycles. The molecule has 0 aliphatic rings. The summed E-state index contributed by atoms with van der Waals surface area (Å²) >= 11 is 0. The zero-order valence-electron chi connectivity index (χ0n) is 14.5. The van der Waals surface area contributed by atoms with Gasteiger partial charge in [0.05, 0.1) is 5.56 Å². The summed E-state index contributed by atoms with van der Waals surface area (Å²) in [6, 6.07) is 10.3. The Morgan fingerprint density at radius 2 is 1.78 bits per heavy atom. The number of nitrogens with zero attached hydrogens (tertiary/aromatic N) is 1. The second kappa shape index (κ2) is 8.66. The van der Waals surface area contributed by atoms with Crippen molar-refractivity contribution in [2.24, 2.45) is 0 Å². The van der Waals surface area contributed by atoms with Crippen LogP contribution >= 0.6 is 0 Å². The lowest BCUT2D eigenvalue weighted by Gasteiger charge is -2.21. The Morgan fingerprint density at radius 1 is 1.07 bits per heavy atom. The topological polar surface area (TPSA) is 49.4 Å². The standard InChI is InChI=1S/C19H18F4N2O2/c1-13(26)25(16-7-4-6-15(11-16)19(21,22)23)12-18(27)24-10-9-14-5-2-3-8-17(14)20/h2-8,11H,9-10,12H2,1H3,(H,24,27). The number of hydrogen-bond acceptors (Lipinski definition) is 2. The van der Waals surface area contributed by atoms with Crippen molar-refractivity contribution in [1.82, 2.24) is 5.32 Å². The molecule has 0 radical (unpaired) electrons. The van der Waals surface area contributed by atoms with E-state index in [1.807, 2.05) is 0 Å². The molecule has 0 fully saturated rings. The third kappa shape index (κ3) is 5.80. The fourth-order valence-corrected chi connectivity index (χ4v) is 2.47. The number of alkyl halides is 3. The van der Waals surface area contributed by atoms with Crippen LogP contribution in [0.5, 0.6) is 0 Å². The lowest BCUT2D eigenvalue weighted by Crippen LogP contribution is -2.40. The molecule has 0 aromatic heterocycles. The molecule has 0 unspecified atom stereocenters. The number of hydrogen-bond donors (Lipinski definition) is 1. The molecule has 1 N–H and O–H groups in total. The van der Waals surface area contributed by atoms with Crippen LogP contribution in [0.15, 0.2) is 48.5 Å². The molecule has 2 aromatic carbocycles. The average Bonchev–Trinajstić information content (AvgIpc) is 2.60. The van der Waals surface area contributed by atoms with E-state index in [4.69, 9.17) is 0 Å². The van der Waals surface area contributed by atoms with Crippen molar-refractivity contribution in [2.45, 2.75) is 19.5 Å². The van der Waals surface area contributed by atoms with Crippen LogP contribution in [0, 0.1) is 5.82 Å². The second-order valence-corrected chi connectivity index (χ2v) is 5.84. The molecule has 0 spiro atoms. The van der Waals surface area contributed by atoms with Gasteiger partial charge in [0.2, 0.25) is 11.8 Å². The van der Waals surface area contributed by atoms with Crippen LogP contribution < -0.4 is 10.2 Å². The van der Waals surface area contributed by atoms with Gasteiger partial charge >= 0.3 is 6.18 Å². The Hall–Kier alpha value is -2.90. The summed E-state index contributed by atoms with van der Waals surface area (Å²) in [6.07, 6.45) is -4.30. The molecule has 144 valence electrons. The van der Waals surface area contributed by atoms with E-state index in [0.717, 1.165) is 24.0 Å². The SMILES string of the molecule is CC(=O)N(CC(=O)NCCc1ccccc1F)c1cccc(C(F)(F)F)c1. The van der Waals surface area contributed by atoms with E-state index in [-0.39, 0.29) is 24.5 Å². The van der Waals surface area contributed by atoms with Gasteiger partial charge in [-0.05, 0) is 36.2 Å². The molecule has 0 saturated carbocycles. The van der Waals surface area contributed by atoms with E-state index in [1.165, 1.54) is 18.2 Å². The first kappa shape index (κ1) is 20.4. The fraction of sp³-hybridized carbons (Fsp3) is 0.263. The van der Waals surface area contributed by atoms with E-state index in [0.29, 0.717) is 5.56 Å². The van der Waals surface area contributed by atoms with Crippen molar-refractivity contribution < 1.29 is 27.2 Å². The van der Waals surface area contributed by atoms with E-state index < -0.39 is 30.1 Å². The Bertz CT molecular complexity index is 821. The molecule has 0 bridgehead atoms. The molecule has 27 heavy (non-hydrogen) atoms. The van der Waals surface area contributed by atoms with Gasteiger partial charge in [-0.15, -0.1) is 0 Å². The summed E-state index contributed by atoms with van der Waals surface area (Å²) in [7, 11) is 0. The van der Waals surface area contributed by atoms with Gasteiger partial charge in [-0.3, -0.25) is 9.59 Å². The van der Waals surface area contributed by atoms with E-state index in [2.05, 4.69) is 5.32 Å². The van der Waals surface area contributed by atoms with Crippen molar-refractivity contribution in [1.29, 1.82) is 0 Å². The largest absolute Gasteiger partial charge is 0.416 e. The van der Waals surface area contributed by atoms with Crippen molar-refractivity contribution >= 4 is 17.5 Å². The first-order chi connectivity index (χ1) is 12.7. The summed E-state index contributed by atoms with van der Waals surface area (Å²) in [5.41, 5.74) is -0.508. The number of halogens is 4. The van der Waals surface area contributed by atoms with Gasteiger partial charge in [0.25, 0.3) is 0 Å². The quantitative estimate of drug-likeness (QED) is 0.777. The van der Waals surface area contributed by atoms with E-state index in [9.17, 15) is 27.2 Å². The molecule has 2 rings (SSSR count). The summed E-state index contributed by atoms with van der Waals surface area (Å²) in [4.78, 5) is 24.8. The number of anilines is 1. The third-order valence-electron chi connectivity index (χ3n) is 3.84. The maximum Gasteiger partial charge on any atom is 0.416 e. The summed E-state index contributed by atoms with van der Waals surface area (Å²) < 4.78 is 52.1. The van der Waals surface area contributed by atoms with Crippen molar-refractivity contribution in [3.63, 3.8) is 0 Å². The molecule has 4 nitrogen and oxygen atoms in total. The Morgan fingerprint density at radius 3 is 2.41 bits per heavy atom. The second-order valence-electron chi connectivity index (χ2n) is 5.84. The lowest BCUT2D eigenvalue weighted by atomic mass is 10.1. The van der Waals surface area contributed by atoms with Crippen LogP contribution in [0.2, 0.25) is 0 Å². The van der Waals surface area contributed by atoms with Crippen molar-refractivity contribution in [2.75, 3.05) is 18.0 Å². The molecule has 2 aromatic rings. The van der Waals surface area contributed by atoms with Gasteiger partial charge in [0.1, 0.15) is 12.4 Å². The highest BCUT2D eigenvalue weighted by Crippen LogP contribution is 2.31. The highest BCUT2D eigenvalue weighted by atomic mass is 19.4. The fourth-order valence-electron chi connectivity index (χ4n) is 2.47. The molecule has 0 atom stereocenters. The van der Waals surface area contributed by atoms with Crippen LogP contribution in [0.1, 0.15) is 18.1 Å². The van der Waals surface area contributed by atoms with Gasteiger partial charge in [0, 0.05) is 19.2 Å². The maximum atomic E-state index is 13.5. The highest BCUT2D eigenvalue weighted by molar-refractivity contribution is 5.97. The van der Waals surface area contributed by atoms with E-state index in [1.54, 1.807) is 18.2 Å². The summed E-state index contributed by atoms with van der Waals surface area (Å²) in [5, 5.41) is 2.54. The molecule has 0 saturated heterocycles. The third-order valence-corrected chi connectivity index (χ3v) is 3.84. The first-order valence-electron chi connectivity index (χ1n) is 8.14. The predicted octanol–water partition coefficient (Wildman–Crippen LogP) is 3.56. The molecular weight excluding hydrogens is 364 g/mol. The Labute approximate surface area is 153 Å². The van der Waals surface area contributed by atoms with Crippen molar-refractivity contribution in [3.8, 4) is 0 Å². The molecule has 0 heterocycles. The number of rotatable bonds is 6. The molecule has 2 amide bonds. The van der Waals surface area contributed by atoms with Crippen molar-refractivity contribution in [3.05, 3.63) is 65.5 Å². The molecular formula is C19H18F4N2O2. The van der Waals surface area contributed by atoms with Crippen LogP contribution in [0.25, 0.3) is 0 Å². The van der Waals surface area contributed by atoms with Crippen LogP contribution in [-0.2, 0) is 22.2 Å². The minimum atomic E-state index is -4.56. The van der Waals surface area contributed by atoms with Crippen LogP contribution in [-0.4, -0.2) is 24.9 Å². The number of nitrogens with one attached hydrogen (secondary N) is 1. The minimum Gasteiger partial charge on any atom is -0.354 e. The Balaban J connectivity index is 2.00. The smallest absolute Gasteiger partial charge is 0.354 e. The number of carbonyl (C=O) groups is 2. The van der Waals surface area contributed by atoms with Gasteiger partial charge < -0.3 is 10.2 Å². The van der Waals surface area contributed by atoms with Crippen LogP contribution in [0.3, 0.4) is 0 Å². The van der Waals surface area contributed by atoms with Gasteiger partial charge in [-0.2, -0.15) is 13.2 Å². The van der Waals surface area contributed by atoms with E-state index >= 15 is 0 Å². The highest BCUT2D eigenvalue weighted by Gasteiger charge is 2.31. The van der Waals surface area contributed by atoms with Gasteiger partial charge in [-0.1, -0.05) is 24.3 Å². The van der Waals surface area contributed by atoms with Crippen LogP contribution in [0.4, 0.5) is 23.2 Å². The minimum absolute atomic E-state index is 0.0263. The monoisotopic (exact) mass is 382 g/mol. The normalized spacial score (nSPS) is 11.1. The number of amides is 2. The number of carbonyl (C=O) groups excluding carboxylic acids is 2. The summed E-state index contributed by atoms with van der Waals surface area (Å²) in [6.45, 7) is 0.856. The van der Waals surface area contributed by atoms with Gasteiger partial charge in [-0.25, -0.2) is 4.39 Å². The molecule has 8 heteroatoms. The zero-order valence-corrected chi connectivity index (χ0v) is 14.5. The van der Waals surface area contributed by atoms with Gasteiger partial charge in [0.15, 0.2) is 0 Å².